The van der Waals surface area contributed by atoms with Gasteiger partial charge in [-0.25, -0.2) is 9.13 Å². The topological polar surface area (TPSA) is 127 Å². The molecule has 8 aromatic rings. The van der Waals surface area contributed by atoms with Crippen molar-refractivity contribution in [3.63, 3.8) is 0 Å². The van der Waals surface area contributed by atoms with E-state index in [1.165, 1.54) is 6.92 Å². The second-order valence-corrected chi connectivity index (χ2v) is 23.6. The minimum absolute atomic E-state index is 0.0592. The van der Waals surface area contributed by atoms with Crippen LogP contribution in [0.15, 0.2) is 225 Å². The average molecular weight is 1260 g/mol. The first-order valence-corrected chi connectivity index (χ1v) is 31.1. The van der Waals surface area contributed by atoms with Crippen molar-refractivity contribution in [2.75, 3.05) is 13.2 Å². The van der Waals surface area contributed by atoms with Crippen molar-refractivity contribution in [3.05, 3.63) is 269 Å². The Morgan fingerprint density at radius 3 is 1.12 bits per heavy atom. The summed E-state index contributed by atoms with van der Waals surface area (Å²) in [4.78, 5) is 13.6. The van der Waals surface area contributed by atoms with Crippen molar-refractivity contribution in [2.24, 2.45) is 7.05 Å². The Hall–Kier alpha value is -7.17. The summed E-state index contributed by atoms with van der Waals surface area (Å²) in [6.07, 6.45) is -3.74. The molecule has 474 valence electrons. The first-order chi connectivity index (χ1) is 42.8. The fourth-order valence-corrected chi connectivity index (χ4v) is 10.2. The molecular weight excluding hydrogens is 1180 g/mol. The number of aromatic nitrogens is 2. The first-order valence-electron chi connectivity index (χ1n) is 29.1. The van der Waals surface area contributed by atoms with Gasteiger partial charge in [-0.3, -0.25) is 4.79 Å². The van der Waals surface area contributed by atoms with E-state index >= 15 is 0 Å². The molecule has 3 heterocycles. The number of esters is 1. The summed E-state index contributed by atoms with van der Waals surface area (Å²) < 4.78 is 139. The van der Waals surface area contributed by atoms with E-state index in [1.807, 2.05) is 212 Å². The molecule has 0 amide bonds. The molecule has 0 saturated carbocycles. The molecule has 0 aliphatic carbocycles. The molecule has 0 radical (unpaired) electrons. The van der Waals surface area contributed by atoms with E-state index in [4.69, 9.17) is 52.1 Å². The summed E-state index contributed by atoms with van der Waals surface area (Å²) in [5, 5.41) is 0. The molecule has 10 atom stereocenters. The third kappa shape index (κ3) is 22.7. The van der Waals surface area contributed by atoms with Crippen LogP contribution >= 0.6 is 7.81 Å². The fourth-order valence-electron chi connectivity index (χ4n) is 10.2. The van der Waals surface area contributed by atoms with Gasteiger partial charge in [-0.05, 0) is 44.5 Å². The molecule has 0 unspecified atom stereocenters. The molecule has 2 aliphatic rings. The first kappa shape index (κ1) is 66.3. The van der Waals surface area contributed by atoms with Gasteiger partial charge in [0, 0.05) is 6.92 Å². The zero-order chi connectivity index (χ0) is 62.5. The van der Waals surface area contributed by atoms with Gasteiger partial charge in [-0.15, -0.1) is 0 Å². The van der Waals surface area contributed by atoms with Crippen LogP contribution in [0.1, 0.15) is 51.4 Å². The number of aryl methyl sites for hydroxylation is 1. The third-order valence-electron chi connectivity index (χ3n) is 14.3. The molecule has 0 N–H and O–H groups in total. The number of nitrogens with zero attached hydrogens (tertiary/aromatic N) is 2. The normalized spacial score (nSPS) is 22.7. The van der Waals surface area contributed by atoms with Crippen molar-refractivity contribution in [2.45, 2.75) is 121 Å². The van der Waals surface area contributed by atoms with E-state index in [2.05, 4.69) is 28.8 Å². The Morgan fingerprint density at radius 1 is 0.427 bits per heavy atom. The quantitative estimate of drug-likeness (QED) is 0.0200. The number of carbonyl (C=O) groups is 1. The van der Waals surface area contributed by atoms with Gasteiger partial charge in [-0.1, -0.05) is 206 Å². The van der Waals surface area contributed by atoms with Crippen LogP contribution in [0.25, 0.3) is 0 Å². The summed E-state index contributed by atoms with van der Waals surface area (Å²) >= 11 is 0. The number of ether oxygens (including phenoxy) is 11. The van der Waals surface area contributed by atoms with E-state index in [0.29, 0.717) is 19.8 Å². The zero-order valence-electron chi connectivity index (χ0n) is 49.2. The van der Waals surface area contributed by atoms with Gasteiger partial charge < -0.3 is 52.1 Å². The van der Waals surface area contributed by atoms with Gasteiger partial charge in [-0.2, -0.15) is 0 Å². The second-order valence-electron chi connectivity index (χ2n) is 21.6. The molecule has 10 rings (SSSR count). The van der Waals surface area contributed by atoms with Crippen LogP contribution in [0.2, 0.25) is 0 Å². The van der Waals surface area contributed by atoms with Crippen molar-refractivity contribution in [1.82, 2.24) is 4.57 Å². The maximum atomic E-state index is 13.6. The summed E-state index contributed by atoms with van der Waals surface area (Å²) in [7, 11) is -8.65. The van der Waals surface area contributed by atoms with E-state index in [-0.39, 0.29) is 46.2 Å². The molecule has 14 nitrogen and oxygen atoms in total. The molecule has 21 heteroatoms. The number of benzene rings is 7. The van der Waals surface area contributed by atoms with Crippen molar-refractivity contribution >= 4 is 13.8 Å². The minimum atomic E-state index is -10.7. The van der Waals surface area contributed by atoms with Gasteiger partial charge in [0.2, 0.25) is 6.33 Å². The molecule has 7 aromatic carbocycles. The fraction of sp³-hybridized carbons (Fsp3) is 0.324. The van der Waals surface area contributed by atoms with Crippen LogP contribution in [0.5, 0.6) is 0 Å². The zero-order valence-corrected chi connectivity index (χ0v) is 50.1. The Kier molecular flexibility index (Phi) is 23.1. The molecule has 1 aromatic heterocycles. The Labute approximate surface area is 513 Å². The third-order valence-corrected chi connectivity index (χ3v) is 14.3. The molecule has 89 heavy (non-hydrogen) atoms. The standard InChI is InChI=1S/C68H73N2O12.F6P/c1-50(71)79-66-64(77-45-57-31-19-8-20-32-57)62(75-43-55-27-15-6-16-28-55)60(48-73-41-53-23-11-4-12-24-53)81-68(66)82-65-63(76-44-56-29-17-7-18-30-56)61(74-42-54-25-13-5-14-26-54)59(47-72-40-52-21-9-3-10-22-52)80-67(65)78-46-58-35-33-51(34-36-58)39-70-38-37-69(2)49-70;1-7(2,3,4,5)6/h3-38,49,59-68H,39-48H2,1-2H3;/q+1;-1/t59-,60-,61-,62-,63+,64+,65+,66+,67+,68-;/m1./s1. The van der Waals surface area contributed by atoms with Crippen LogP contribution in [-0.4, -0.2) is 85.2 Å². The Morgan fingerprint density at radius 2 is 0.753 bits per heavy atom. The van der Waals surface area contributed by atoms with Crippen LogP contribution < -0.4 is 4.57 Å². The van der Waals surface area contributed by atoms with Crippen LogP contribution in [0.4, 0.5) is 25.2 Å². The second kappa shape index (κ2) is 31.0. The summed E-state index contributed by atoms with van der Waals surface area (Å²) in [6, 6.07) is 67.8. The number of halogens is 6. The van der Waals surface area contributed by atoms with Crippen LogP contribution in [0, 0.1) is 0 Å². The van der Waals surface area contributed by atoms with Crippen molar-refractivity contribution in [3.8, 4) is 0 Å². The monoisotopic (exact) mass is 1250 g/mol. The SMILES string of the molecule is CC(=O)O[C@@H]1[C@@H](O[C@@H]2[C@@H](OCc3ccc(Cn4cc[n+](C)c4)cc3)O[C@H](COCc3ccccc3)[C@@H](OCc3ccccc3)[C@@H]2OCc2ccccc2)O[C@H](COCc2ccccc2)[C@@H](OCc2ccccc2)[C@@H]1OCc1ccccc1.F[P-](F)(F)(F)(F)F. The summed E-state index contributed by atoms with van der Waals surface area (Å²) in [5.74, 6) is -0.575. The van der Waals surface area contributed by atoms with Crippen molar-refractivity contribution < 1.29 is 86.6 Å². The van der Waals surface area contributed by atoms with E-state index < -0.39 is 75.2 Å². The van der Waals surface area contributed by atoms with Crippen LogP contribution in [0.3, 0.4) is 0 Å². The van der Waals surface area contributed by atoms with Gasteiger partial charge in [0.1, 0.15) is 61.7 Å². The van der Waals surface area contributed by atoms with Gasteiger partial charge in [0.05, 0.1) is 66.5 Å². The van der Waals surface area contributed by atoms with Gasteiger partial charge in [0.25, 0.3) is 0 Å². The molecule has 2 saturated heterocycles. The van der Waals surface area contributed by atoms with Crippen molar-refractivity contribution in [1.29, 1.82) is 0 Å². The molecule has 0 spiro atoms. The maximum absolute atomic E-state index is 13.6. The van der Waals surface area contributed by atoms with Gasteiger partial charge in [0.15, 0.2) is 18.7 Å². The molecular formula is C68H73F6N2O12P. The van der Waals surface area contributed by atoms with E-state index in [1.54, 1.807) is 0 Å². The predicted octanol–water partition coefficient (Wildman–Crippen LogP) is 13.8. The Balaban J connectivity index is 0.00000127. The number of carbonyl (C=O) groups excluding carboxylic acids is 1. The summed E-state index contributed by atoms with van der Waals surface area (Å²) in [6.45, 7) is 3.74. The average Bonchev–Trinajstić information content (AvgIpc) is 1.39. The number of hydrogen-bond donors (Lipinski definition) is 0. The number of rotatable bonds is 28. The predicted molar refractivity (Wildman–Crippen MR) is 320 cm³/mol. The summed E-state index contributed by atoms with van der Waals surface area (Å²) in [5.41, 5.74) is 7.72. The Bertz CT molecular complexity index is 3340. The number of hydrogen-bond acceptors (Lipinski definition) is 12. The molecule has 2 aliphatic heterocycles. The van der Waals surface area contributed by atoms with E-state index in [9.17, 15) is 30.0 Å². The molecule has 2 fully saturated rings. The van der Waals surface area contributed by atoms with Crippen LogP contribution in [-0.2, 0) is 117 Å². The molecule has 0 bridgehead atoms. The number of imidazole rings is 1. The van der Waals surface area contributed by atoms with Gasteiger partial charge >= 0.3 is 39.0 Å². The van der Waals surface area contributed by atoms with E-state index in [0.717, 1.165) is 44.5 Å².